The molecule has 1 atom stereocenters. The highest BCUT2D eigenvalue weighted by Crippen LogP contribution is 2.29. The minimum atomic E-state index is -3.89. The largest absolute Gasteiger partial charge is 0.478 e. The van der Waals surface area contributed by atoms with Crippen molar-refractivity contribution in [1.82, 2.24) is 0 Å². The fraction of sp³-hybridized carbons (Fsp3) is 0.357. The Balaban J connectivity index is 2.29. The Morgan fingerprint density at radius 2 is 2.18 bits per heavy atom. The summed E-state index contributed by atoms with van der Waals surface area (Å²) in [5, 5.41) is 8.31. The van der Waals surface area contributed by atoms with Gasteiger partial charge in [0, 0.05) is 6.54 Å². The average Bonchev–Trinajstić information content (AvgIpc) is 2.49. The zero-order valence-corrected chi connectivity index (χ0v) is 13.3. The Kier molecular flexibility index (Phi) is 5.10. The Morgan fingerprint density at radius 1 is 1.45 bits per heavy atom. The van der Waals surface area contributed by atoms with Gasteiger partial charge in [-0.3, -0.25) is 4.72 Å². The van der Waals surface area contributed by atoms with Gasteiger partial charge in [-0.2, -0.15) is 0 Å². The number of rotatable bonds is 5. The molecule has 0 bridgehead atoms. The van der Waals surface area contributed by atoms with Crippen LogP contribution in [0.4, 0.5) is 5.69 Å². The third-order valence-corrected chi connectivity index (χ3v) is 5.58. The maximum Gasteiger partial charge on any atom is 0.332 e. The SMILES string of the molecule is NCc1ccc(NS(=O)(=O)C2CCCC=C2C(=O)O)c(Cl)c1. The lowest BCUT2D eigenvalue weighted by atomic mass is 9.99. The number of sulfonamides is 1. The third kappa shape index (κ3) is 3.60. The molecule has 0 saturated carbocycles. The molecule has 0 aliphatic heterocycles. The third-order valence-electron chi connectivity index (χ3n) is 3.52. The van der Waals surface area contributed by atoms with Crippen LogP contribution in [0.5, 0.6) is 0 Å². The van der Waals surface area contributed by atoms with Gasteiger partial charge in [0.25, 0.3) is 0 Å². The van der Waals surface area contributed by atoms with Crippen LogP contribution in [0, 0.1) is 0 Å². The molecule has 0 fully saturated rings. The number of hydrogen-bond acceptors (Lipinski definition) is 4. The van der Waals surface area contributed by atoms with E-state index in [9.17, 15) is 13.2 Å². The van der Waals surface area contributed by atoms with Crippen molar-refractivity contribution >= 4 is 33.3 Å². The topological polar surface area (TPSA) is 109 Å². The fourth-order valence-corrected chi connectivity index (χ4v) is 4.33. The van der Waals surface area contributed by atoms with Crippen LogP contribution in [0.15, 0.2) is 29.8 Å². The van der Waals surface area contributed by atoms with E-state index in [-0.39, 0.29) is 22.7 Å². The van der Waals surface area contributed by atoms with Crippen molar-refractivity contribution in [2.75, 3.05) is 4.72 Å². The van der Waals surface area contributed by atoms with Gasteiger partial charge in [0.15, 0.2) is 0 Å². The molecule has 4 N–H and O–H groups in total. The highest BCUT2D eigenvalue weighted by molar-refractivity contribution is 7.93. The molecular weight excluding hydrogens is 328 g/mol. The molecule has 1 unspecified atom stereocenters. The number of hydrogen-bond donors (Lipinski definition) is 3. The molecule has 1 aromatic carbocycles. The highest BCUT2D eigenvalue weighted by Gasteiger charge is 2.34. The van der Waals surface area contributed by atoms with Gasteiger partial charge in [-0.25, -0.2) is 13.2 Å². The molecule has 0 amide bonds. The first kappa shape index (κ1) is 16.8. The monoisotopic (exact) mass is 344 g/mol. The normalized spacial score (nSPS) is 18.6. The molecule has 0 spiro atoms. The molecule has 0 saturated heterocycles. The molecule has 0 heterocycles. The van der Waals surface area contributed by atoms with Crippen molar-refractivity contribution in [2.45, 2.75) is 31.1 Å². The van der Waals surface area contributed by atoms with Crippen LogP contribution in [0.1, 0.15) is 24.8 Å². The number of nitrogens with two attached hydrogens (primary N) is 1. The molecular formula is C14H17ClN2O4S. The lowest BCUT2D eigenvalue weighted by Crippen LogP contribution is -2.34. The molecule has 120 valence electrons. The predicted octanol–water partition coefficient (Wildman–Crippen LogP) is 2.10. The first-order valence-corrected chi connectivity index (χ1v) is 8.71. The number of allylic oxidation sites excluding steroid dienone is 1. The first-order chi connectivity index (χ1) is 10.3. The van der Waals surface area contributed by atoms with E-state index in [1.54, 1.807) is 12.1 Å². The lowest BCUT2D eigenvalue weighted by molar-refractivity contribution is -0.132. The first-order valence-electron chi connectivity index (χ1n) is 6.78. The van der Waals surface area contributed by atoms with Gasteiger partial charge in [0.2, 0.25) is 10.0 Å². The van der Waals surface area contributed by atoms with Crippen LogP contribution < -0.4 is 10.5 Å². The Labute approximate surface area is 134 Å². The van der Waals surface area contributed by atoms with Crippen molar-refractivity contribution in [3.63, 3.8) is 0 Å². The lowest BCUT2D eigenvalue weighted by Gasteiger charge is -2.23. The maximum atomic E-state index is 12.5. The summed E-state index contributed by atoms with van der Waals surface area (Å²) in [4.78, 5) is 11.2. The second-order valence-corrected chi connectivity index (χ2v) is 7.32. The number of anilines is 1. The minimum absolute atomic E-state index is 0.0894. The second kappa shape index (κ2) is 6.68. The summed E-state index contributed by atoms with van der Waals surface area (Å²) < 4.78 is 27.3. The zero-order valence-electron chi connectivity index (χ0n) is 11.8. The Bertz CT molecular complexity index is 716. The molecule has 1 aliphatic rings. The summed E-state index contributed by atoms with van der Waals surface area (Å²) in [5.41, 5.74) is 6.40. The highest BCUT2D eigenvalue weighted by atomic mass is 35.5. The number of carboxylic acid groups (broad SMARTS) is 1. The van der Waals surface area contributed by atoms with Gasteiger partial charge in [-0.15, -0.1) is 0 Å². The van der Waals surface area contributed by atoms with Crippen molar-refractivity contribution in [1.29, 1.82) is 0 Å². The second-order valence-electron chi connectivity index (χ2n) is 5.05. The number of carboxylic acids is 1. The molecule has 22 heavy (non-hydrogen) atoms. The number of halogens is 1. The van der Waals surface area contributed by atoms with Gasteiger partial charge >= 0.3 is 5.97 Å². The van der Waals surface area contributed by atoms with E-state index >= 15 is 0 Å². The molecule has 2 rings (SSSR count). The van der Waals surface area contributed by atoms with Gasteiger partial charge < -0.3 is 10.8 Å². The smallest absolute Gasteiger partial charge is 0.332 e. The number of benzene rings is 1. The van der Waals surface area contributed by atoms with Gasteiger partial charge in [-0.05, 0) is 37.0 Å². The van der Waals surface area contributed by atoms with Gasteiger partial charge in [-0.1, -0.05) is 23.7 Å². The van der Waals surface area contributed by atoms with Crippen LogP contribution in [0.25, 0.3) is 0 Å². The summed E-state index contributed by atoms with van der Waals surface area (Å²) in [6.07, 6.45) is 2.93. The molecule has 6 nitrogen and oxygen atoms in total. The van der Waals surface area contributed by atoms with Crippen LogP contribution in [-0.2, 0) is 21.4 Å². The summed E-state index contributed by atoms with van der Waals surface area (Å²) in [5.74, 6) is -1.21. The van der Waals surface area contributed by atoms with E-state index in [1.807, 2.05) is 0 Å². The predicted molar refractivity (Wildman–Crippen MR) is 85.2 cm³/mol. The molecule has 8 heteroatoms. The maximum absolute atomic E-state index is 12.5. The van der Waals surface area contributed by atoms with E-state index in [2.05, 4.69) is 4.72 Å². The molecule has 1 aliphatic carbocycles. The summed E-state index contributed by atoms with van der Waals surface area (Å²) in [6, 6.07) is 4.77. The van der Waals surface area contributed by atoms with Crippen LogP contribution in [-0.4, -0.2) is 24.7 Å². The minimum Gasteiger partial charge on any atom is -0.478 e. The molecule has 1 aromatic rings. The Hall–Kier alpha value is -1.57. The standard InChI is InChI=1S/C14H17ClN2O4S/c15-11-7-9(8-16)5-6-12(11)17-22(20,21)13-4-2-1-3-10(13)14(18)19/h3,5-7,13,17H,1-2,4,8,16H2,(H,18,19). The van der Waals surface area contributed by atoms with Crippen molar-refractivity contribution in [3.8, 4) is 0 Å². The van der Waals surface area contributed by atoms with Crippen molar-refractivity contribution < 1.29 is 18.3 Å². The van der Waals surface area contributed by atoms with E-state index in [1.165, 1.54) is 12.1 Å². The number of nitrogens with one attached hydrogen (secondary N) is 1. The summed E-state index contributed by atoms with van der Waals surface area (Å²) in [7, 11) is -3.89. The van der Waals surface area contributed by atoms with E-state index in [4.69, 9.17) is 22.4 Å². The number of aliphatic carboxylic acids is 1. The zero-order chi connectivity index (χ0) is 16.3. The summed E-state index contributed by atoms with van der Waals surface area (Å²) in [6.45, 7) is 0.293. The number of carbonyl (C=O) groups is 1. The van der Waals surface area contributed by atoms with Gasteiger partial charge in [0.05, 0.1) is 16.3 Å². The quantitative estimate of drug-likeness (QED) is 0.757. The van der Waals surface area contributed by atoms with Crippen LogP contribution in [0.2, 0.25) is 5.02 Å². The van der Waals surface area contributed by atoms with Crippen molar-refractivity contribution in [2.24, 2.45) is 5.73 Å². The average molecular weight is 345 g/mol. The van der Waals surface area contributed by atoms with E-state index < -0.39 is 21.2 Å². The molecule has 0 radical (unpaired) electrons. The van der Waals surface area contributed by atoms with Crippen LogP contribution in [0.3, 0.4) is 0 Å². The van der Waals surface area contributed by atoms with E-state index in [0.29, 0.717) is 19.4 Å². The van der Waals surface area contributed by atoms with Gasteiger partial charge in [0.1, 0.15) is 5.25 Å². The summed E-state index contributed by atoms with van der Waals surface area (Å²) >= 11 is 6.04. The Morgan fingerprint density at radius 3 is 2.77 bits per heavy atom. The molecule has 0 aromatic heterocycles. The van der Waals surface area contributed by atoms with Crippen LogP contribution >= 0.6 is 11.6 Å². The van der Waals surface area contributed by atoms with Crippen molar-refractivity contribution in [3.05, 3.63) is 40.4 Å². The van der Waals surface area contributed by atoms with E-state index in [0.717, 1.165) is 5.56 Å². The fourth-order valence-electron chi connectivity index (χ4n) is 2.39.